The zero-order chi connectivity index (χ0) is 16.2. The Morgan fingerprint density at radius 3 is 2.65 bits per heavy atom. The summed E-state index contributed by atoms with van der Waals surface area (Å²) >= 11 is 0. The average molecular weight is 310 g/mol. The van der Waals surface area contributed by atoms with Crippen molar-refractivity contribution in [1.29, 1.82) is 0 Å². The number of aromatic nitrogens is 2. The molecule has 0 saturated carbocycles. The standard InChI is InChI=1S/C16H14N4O3/c17-14(21)9-23-13-8-4-1-5-10(13)15(22)20-16-18-11-6-2-3-7-12(11)19-16/h1-8H,9H2,(H2,17,21)(H2,18,19,20,22). The summed E-state index contributed by atoms with van der Waals surface area (Å²) in [6.07, 6.45) is 0. The summed E-state index contributed by atoms with van der Waals surface area (Å²) in [5, 5.41) is 2.67. The van der Waals surface area contributed by atoms with E-state index in [2.05, 4.69) is 15.3 Å². The number of anilines is 1. The molecular formula is C16H14N4O3. The molecule has 0 fully saturated rings. The number of hydrogen-bond donors (Lipinski definition) is 3. The number of hydrogen-bond acceptors (Lipinski definition) is 4. The molecule has 2 aromatic carbocycles. The van der Waals surface area contributed by atoms with E-state index in [0.29, 0.717) is 5.95 Å². The van der Waals surface area contributed by atoms with E-state index in [4.69, 9.17) is 10.5 Å². The third kappa shape index (κ3) is 3.29. The number of ether oxygens (including phenoxy) is 1. The van der Waals surface area contributed by atoms with Gasteiger partial charge in [-0.1, -0.05) is 24.3 Å². The molecule has 0 aliphatic carbocycles. The molecule has 1 heterocycles. The highest BCUT2D eigenvalue weighted by atomic mass is 16.5. The fraction of sp³-hybridized carbons (Fsp3) is 0.0625. The lowest BCUT2D eigenvalue weighted by Crippen LogP contribution is -2.21. The van der Waals surface area contributed by atoms with Crippen LogP contribution in [0.15, 0.2) is 48.5 Å². The predicted molar refractivity (Wildman–Crippen MR) is 85.2 cm³/mol. The molecule has 4 N–H and O–H groups in total. The van der Waals surface area contributed by atoms with Gasteiger partial charge in [0.15, 0.2) is 6.61 Å². The van der Waals surface area contributed by atoms with Gasteiger partial charge in [0, 0.05) is 0 Å². The fourth-order valence-corrected chi connectivity index (χ4v) is 2.12. The van der Waals surface area contributed by atoms with Gasteiger partial charge >= 0.3 is 0 Å². The molecule has 2 amide bonds. The highest BCUT2D eigenvalue weighted by Gasteiger charge is 2.14. The third-order valence-corrected chi connectivity index (χ3v) is 3.12. The quantitative estimate of drug-likeness (QED) is 0.666. The number of imidazole rings is 1. The number of carbonyl (C=O) groups is 2. The van der Waals surface area contributed by atoms with Crippen molar-refractivity contribution >= 4 is 28.8 Å². The first-order valence-electron chi connectivity index (χ1n) is 6.90. The number of H-pyrrole nitrogens is 1. The van der Waals surface area contributed by atoms with E-state index in [1.165, 1.54) is 0 Å². The van der Waals surface area contributed by atoms with Crippen molar-refractivity contribution in [2.45, 2.75) is 0 Å². The highest BCUT2D eigenvalue weighted by Crippen LogP contribution is 2.20. The summed E-state index contributed by atoms with van der Waals surface area (Å²) in [5.41, 5.74) is 6.91. The normalized spacial score (nSPS) is 10.4. The van der Waals surface area contributed by atoms with Crippen LogP contribution in [0.3, 0.4) is 0 Å². The van der Waals surface area contributed by atoms with Crippen LogP contribution in [0.1, 0.15) is 10.4 Å². The van der Waals surface area contributed by atoms with Gasteiger partial charge in [-0.25, -0.2) is 4.98 Å². The van der Waals surface area contributed by atoms with E-state index in [0.717, 1.165) is 11.0 Å². The monoisotopic (exact) mass is 310 g/mol. The number of nitrogens with zero attached hydrogens (tertiary/aromatic N) is 1. The number of para-hydroxylation sites is 3. The first-order valence-corrected chi connectivity index (χ1v) is 6.90. The van der Waals surface area contributed by atoms with Crippen molar-refractivity contribution in [2.75, 3.05) is 11.9 Å². The van der Waals surface area contributed by atoms with Crippen molar-refractivity contribution in [2.24, 2.45) is 5.73 Å². The largest absolute Gasteiger partial charge is 0.483 e. The second-order valence-corrected chi connectivity index (χ2v) is 4.81. The van der Waals surface area contributed by atoms with Gasteiger partial charge in [-0.3, -0.25) is 14.9 Å². The number of benzene rings is 2. The molecule has 0 atom stereocenters. The van der Waals surface area contributed by atoms with Crippen LogP contribution in [0.4, 0.5) is 5.95 Å². The lowest BCUT2D eigenvalue weighted by atomic mass is 10.2. The Morgan fingerprint density at radius 1 is 1.13 bits per heavy atom. The van der Waals surface area contributed by atoms with Crippen molar-refractivity contribution in [3.63, 3.8) is 0 Å². The van der Waals surface area contributed by atoms with Gasteiger partial charge in [0.05, 0.1) is 16.6 Å². The molecule has 0 radical (unpaired) electrons. The Bertz CT molecular complexity index is 839. The summed E-state index contributed by atoms with van der Waals surface area (Å²) in [7, 11) is 0. The molecule has 7 heteroatoms. The van der Waals surface area contributed by atoms with Crippen LogP contribution in [0.5, 0.6) is 5.75 Å². The van der Waals surface area contributed by atoms with Gasteiger partial charge in [-0.15, -0.1) is 0 Å². The summed E-state index contributed by atoms with van der Waals surface area (Å²) in [4.78, 5) is 30.5. The molecule has 0 unspecified atom stereocenters. The van der Waals surface area contributed by atoms with Crippen LogP contribution >= 0.6 is 0 Å². The molecule has 3 rings (SSSR count). The van der Waals surface area contributed by atoms with E-state index in [-0.39, 0.29) is 17.9 Å². The molecule has 0 spiro atoms. The van der Waals surface area contributed by atoms with Gasteiger partial charge in [-0.2, -0.15) is 0 Å². The summed E-state index contributed by atoms with van der Waals surface area (Å²) in [5.74, 6) is -0.401. The number of nitrogens with two attached hydrogens (primary N) is 1. The number of primary amides is 1. The first-order chi connectivity index (χ1) is 11.1. The zero-order valence-corrected chi connectivity index (χ0v) is 12.1. The number of carbonyl (C=O) groups excluding carboxylic acids is 2. The molecule has 0 aliphatic rings. The number of aromatic amines is 1. The summed E-state index contributed by atoms with van der Waals surface area (Å²) in [6, 6.07) is 14.0. The minimum Gasteiger partial charge on any atom is -0.483 e. The van der Waals surface area contributed by atoms with E-state index in [1.807, 2.05) is 24.3 Å². The van der Waals surface area contributed by atoms with Gasteiger partial charge < -0.3 is 15.5 Å². The maximum absolute atomic E-state index is 12.4. The Balaban J connectivity index is 1.81. The van der Waals surface area contributed by atoms with Crippen LogP contribution in [-0.2, 0) is 4.79 Å². The van der Waals surface area contributed by atoms with Gasteiger partial charge in [-0.05, 0) is 24.3 Å². The lowest BCUT2D eigenvalue weighted by Gasteiger charge is -2.09. The Kier molecular flexibility index (Phi) is 3.92. The van der Waals surface area contributed by atoms with Crippen molar-refractivity contribution < 1.29 is 14.3 Å². The smallest absolute Gasteiger partial charge is 0.261 e. The maximum atomic E-state index is 12.4. The van der Waals surface area contributed by atoms with Crippen molar-refractivity contribution in [1.82, 2.24) is 9.97 Å². The average Bonchev–Trinajstić information content (AvgIpc) is 2.95. The molecule has 23 heavy (non-hydrogen) atoms. The van der Waals surface area contributed by atoms with Crippen molar-refractivity contribution in [3.05, 3.63) is 54.1 Å². The summed E-state index contributed by atoms with van der Waals surface area (Å²) < 4.78 is 5.25. The van der Waals surface area contributed by atoms with Gasteiger partial charge in [0.2, 0.25) is 5.95 Å². The molecular weight excluding hydrogens is 296 g/mol. The van der Waals surface area contributed by atoms with E-state index in [9.17, 15) is 9.59 Å². The van der Waals surface area contributed by atoms with E-state index >= 15 is 0 Å². The SMILES string of the molecule is NC(=O)COc1ccccc1C(=O)Nc1nc2ccccc2[nH]1. The maximum Gasteiger partial charge on any atom is 0.261 e. The lowest BCUT2D eigenvalue weighted by molar-refractivity contribution is -0.119. The molecule has 3 aromatic rings. The second kappa shape index (κ2) is 6.18. The number of nitrogens with one attached hydrogen (secondary N) is 2. The fourth-order valence-electron chi connectivity index (χ4n) is 2.12. The molecule has 7 nitrogen and oxygen atoms in total. The van der Waals surface area contributed by atoms with Crippen LogP contribution < -0.4 is 15.8 Å². The second-order valence-electron chi connectivity index (χ2n) is 4.81. The topological polar surface area (TPSA) is 110 Å². The summed E-state index contributed by atoms with van der Waals surface area (Å²) in [6.45, 7) is -0.297. The van der Waals surface area contributed by atoms with Crippen LogP contribution in [0, 0.1) is 0 Å². The molecule has 0 saturated heterocycles. The van der Waals surface area contributed by atoms with Gasteiger partial charge in [0.25, 0.3) is 11.8 Å². The number of fused-ring (bicyclic) bond motifs is 1. The molecule has 0 aliphatic heterocycles. The van der Waals surface area contributed by atoms with Crippen LogP contribution in [0.25, 0.3) is 11.0 Å². The molecule has 0 bridgehead atoms. The van der Waals surface area contributed by atoms with Crippen LogP contribution in [-0.4, -0.2) is 28.4 Å². The third-order valence-electron chi connectivity index (χ3n) is 3.12. The predicted octanol–water partition coefficient (Wildman–Crippen LogP) is 1.68. The van der Waals surface area contributed by atoms with Crippen molar-refractivity contribution in [3.8, 4) is 5.75 Å². The minimum atomic E-state index is -0.613. The molecule has 1 aromatic heterocycles. The minimum absolute atomic E-state index is 0.278. The Labute approximate surface area is 131 Å². The van der Waals surface area contributed by atoms with Gasteiger partial charge in [0.1, 0.15) is 5.75 Å². The number of rotatable bonds is 5. The van der Waals surface area contributed by atoms with E-state index < -0.39 is 11.8 Å². The number of amides is 2. The first kappa shape index (κ1) is 14.6. The highest BCUT2D eigenvalue weighted by molar-refractivity contribution is 6.05. The van der Waals surface area contributed by atoms with E-state index in [1.54, 1.807) is 24.3 Å². The van der Waals surface area contributed by atoms with Crippen LogP contribution in [0.2, 0.25) is 0 Å². The molecule has 116 valence electrons. The zero-order valence-electron chi connectivity index (χ0n) is 12.1. The Morgan fingerprint density at radius 2 is 1.87 bits per heavy atom. The Hall–Kier alpha value is -3.35.